The summed E-state index contributed by atoms with van der Waals surface area (Å²) in [5, 5.41) is 11.5. The number of ether oxygens (including phenoxy) is 1. The second-order valence-electron chi connectivity index (χ2n) is 9.33. The zero-order valence-corrected chi connectivity index (χ0v) is 18.9. The summed E-state index contributed by atoms with van der Waals surface area (Å²) in [6.07, 6.45) is 7.00. The van der Waals surface area contributed by atoms with Crippen molar-refractivity contribution < 1.29 is 9.53 Å². The predicted molar refractivity (Wildman–Crippen MR) is 125 cm³/mol. The first-order valence-corrected chi connectivity index (χ1v) is 11.2. The zero-order chi connectivity index (χ0) is 22.7. The number of H-pyrrole nitrogens is 1. The van der Waals surface area contributed by atoms with Crippen LogP contribution in [0.5, 0.6) is 0 Å². The number of nitrogens with zero attached hydrogens (tertiary/aromatic N) is 2. The molecule has 3 N–H and O–H groups in total. The monoisotopic (exact) mass is 437 g/mol. The van der Waals surface area contributed by atoms with Crippen LogP contribution in [0.15, 0.2) is 41.3 Å². The summed E-state index contributed by atoms with van der Waals surface area (Å²) >= 11 is 0. The molecule has 0 aliphatic heterocycles. The quantitative estimate of drug-likeness (QED) is 0.522. The van der Waals surface area contributed by atoms with Crippen molar-refractivity contribution >= 4 is 28.5 Å². The van der Waals surface area contributed by atoms with E-state index in [4.69, 9.17) is 9.84 Å². The molecule has 1 fully saturated rings. The van der Waals surface area contributed by atoms with Crippen LogP contribution < -0.4 is 16.2 Å². The average Bonchev–Trinajstić information content (AvgIpc) is 3.12. The Morgan fingerprint density at radius 2 is 2.00 bits per heavy atom. The van der Waals surface area contributed by atoms with Gasteiger partial charge in [-0.3, -0.25) is 9.48 Å². The second-order valence-corrected chi connectivity index (χ2v) is 9.33. The molecule has 0 bridgehead atoms. The molecule has 4 rings (SSSR count). The number of benzene rings is 1. The Labute approximate surface area is 187 Å². The van der Waals surface area contributed by atoms with Gasteiger partial charge in [0.25, 0.3) is 5.56 Å². The number of hydrogen-bond donors (Lipinski definition) is 3. The lowest BCUT2D eigenvalue weighted by molar-refractivity contribution is 0.0523. The topological polar surface area (TPSA) is 101 Å². The summed E-state index contributed by atoms with van der Waals surface area (Å²) in [4.78, 5) is 27.3. The Bertz CT molecular complexity index is 1150. The number of fused-ring (bicyclic) bond motifs is 1. The summed E-state index contributed by atoms with van der Waals surface area (Å²) in [6, 6.07) is 9.91. The van der Waals surface area contributed by atoms with Crippen molar-refractivity contribution in [2.24, 2.45) is 0 Å². The lowest BCUT2D eigenvalue weighted by atomic mass is 9.95. The minimum absolute atomic E-state index is 0.158. The van der Waals surface area contributed by atoms with Crippen LogP contribution in [0.4, 0.5) is 16.3 Å². The molecule has 1 saturated carbocycles. The van der Waals surface area contributed by atoms with E-state index in [0.717, 1.165) is 29.6 Å². The number of aromatic amines is 1. The number of pyridine rings is 1. The van der Waals surface area contributed by atoms with Crippen molar-refractivity contribution in [3.63, 3.8) is 0 Å². The Morgan fingerprint density at radius 1 is 1.22 bits per heavy atom. The van der Waals surface area contributed by atoms with Crippen LogP contribution in [0.1, 0.15) is 64.5 Å². The van der Waals surface area contributed by atoms with E-state index >= 15 is 0 Å². The highest BCUT2D eigenvalue weighted by atomic mass is 16.6. The van der Waals surface area contributed by atoms with Crippen LogP contribution in [0.25, 0.3) is 10.9 Å². The van der Waals surface area contributed by atoms with Gasteiger partial charge in [0.05, 0.1) is 11.6 Å². The molecular formula is C24H31N5O3. The summed E-state index contributed by atoms with van der Waals surface area (Å²) in [5.74, 6) is 0.546. The number of rotatable bonds is 5. The molecule has 8 nitrogen and oxygen atoms in total. The van der Waals surface area contributed by atoms with E-state index in [2.05, 4.69) is 15.6 Å². The second kappa shape index (κ2) is 9.06. The lowest BCUT2D eigenvalue weighted by Gasteiger charge is -2.22. The summed E-state index contributed by atoms with van der Waals surface area (Å²) in [7, 11) is 0. The summed E-state index contributed by atoms with van der Waals surface area (Å²) in [6.45, 7) is 5.82. The van der Waals surface area contributed by atoms with Crippen LogP contribution in [0, 0.1) is 0 Å². The molecule has 8 heteroatoms. The predicted octanol–water partition coefficient (Wildman–Crippen LogP) is 5.00. The molecule has 0 saturated heterocycles. The fourth-order valence-electron chi connectivity index (χ4n) is 4.18. The first kappa shape index (κ1) is 21.9. The number of nitrogens with one attached hydrogen (secondary N) is 3. The van der Waals surface area contributed by atoms with Gasteiger partial charge in [0.2, 0.25) is 0 Å². The molecule has 1 amide bonds. The maximum Gasteiger partial charge on any atom is 0.407 e. The van der Waals surface area contributed by atoms with E-state index in [1.165, 1.54) is 19.3 Å². The van der Waals surface area contributed by atoms with Crippen molar-refractivity contribution in [2.45, 2.75) is 71.1 Å². The molecular weight excluding hydrogens is 406 g/mol. The van der Waals surface area contributed by atoms with Crippen LogP contribution in [-0.2, 0) is 11.3 Å². The van der Waals surface area contributed by atoms with Gasteiger partial charge in [-0.1, -0.05) is 31.4 Å². The molecule has 0 radical (unpaired) electrons. The minimum Gasteiger partial charge on any atom is -0.444 e. The van der Waals surface area contributed by atoms with Crippen molar-refractivity contribution in [1.29, 1.82) is 0 Å². The van der Waals surface area contributed by atoms with Gasteiger partial charge >= 0.3 is 6.09 Å². The van der Waals surface area contributed by atoms with Crippen LogP contribution in [0.2, 0.25) is 0 Å². The van der Waals surface area contributed by atoms with Crippen molar-refractivity contribution in [1.82, 2.24) is 20.1 Å². The van der Waals surface area contributed by atoms with Crippen molar-refractivity contribution in [2.75, 3.05) is 5.32 Å². The molecule has 2 heterocycles. The molecule has 1 aromatic carbocycles. The summed E-state index contributed by atoms with van der Waals surface area (Å²) in [5.41, 5.74) is 1.86. The van der Waals surface area contributed by atoms with E-state index in [1.807, 2.05) is 55.8 Å². The maximum absolute atomic E-state index is 12.6. The smallest absolute Gasteiger partial charge is 0.407 e. The van der Waals surface area contributed by atoms with E-state index in [1.54, 1.807) is 6.20 Å². The highest BCUT2D eigenvalue weighted by Gasteiger charge is 2.22. The van der Waals surface area contributed by atoms with Crippen LogP contribution in [0.3, 0.4) is 0 Å². The molecule has 3 aromatic rings. The number of aromatic nitrogens is 3. The molecule has 0 atom stereocenters. The van der Waals surface area contributed by atoms with Crippen molar-refractivity contribution in [3.8, 4) is 0 Å². The Kier molecular flexibility index (Phi) is 6.21. The van der Waals surface area contributed by atoms with E-state index in [0.29, 0.717) is 23.8 Å². The molecule has 1 aliphatic carbocycles. The number of carbonyl (C=O) groups excluding carboxylic acids is 1. The molecule has 0 spiro atoms. The van der Waals surface area contributed by atoms with Gasteiger partial charge in [-0.2, -0.15) is 5.10 Å². The Balaban J connectivity index is 1.55. The number of carbonyl (C=O) groups is 1. The van der Waals surface area contributed by atoms with Gasteiger partial charge < -0.3 is 20.4 Å². The molecule has 1 aliphatic rings. The minimum atomic E-state index is -0.543. The zero-order valence-electron chi connectivity index (χ0n) is 18.9. The Hall–Kier alpha value is -3.29. The number of anilines is 2. The van der Waals surface area contributed by atoms with E-state index < -0.39 is 11.7 Å². The van der Waals surface area contributed by atoms with Crippen LogP contribution >= 0.6 is 0 Å². The van der Waals surface area contributed by atoms with Crippen molar-refractivity contribution in [3.05, 3.63) is 52.4 Å². The standard InChI is InChI=1S/C24H31N5O3/c1-24(2,3)32-23(31)26-15-16-8-7-9-17(14-16)27-21-20-19(12-13-25-22(20)30)29(28-21)18-10-5-4-6-11-18/h7-9,12-14,18H,4-6,10-11,15H2,1-3H3,(H,25,30)(H,26,31)(H,27,28). The van der Waals surface area contributed by atoms with E-state index in [9.17, 15) is 9.59 Å². The van der Waals surface area contributed by atoms with Gasteiger partial charge in [-0.05, 0) is 57.4 Å². The third-order valence-electron chi connectivity index (χ3n) is 5.58. The molecule has 0 unspecified atom stereocenters. The summed E-state index contributed by atoms with van der Waals surface area (Å²) < 4.78 is 7.30. The number of alkyl carbamates (subject to hydrolysis) is 1. The third kappa shape index (κ3) is 5.12. The first-order valence-electron chi connectivity index (χ1n) is 11.2. The molecule has 2 aromatic heterocycles. The fraction of sp³-hybridized carbons (Fsp3) is 0.458. The highest BCUT2D eigenvalue weighted by Crippen LogP contribution is 2.32. The first-order chi connectivity index (χ1) is 15.3. The van der Waals surface area contributed by atoms with Gasteiger partial charge in [0.1, 0.15) is 11.0 Å². The van der Waals surface area contributed by atoms with Gasteiger partial charge in [-0.15, -0.1) is 0 Å². The number of amides is 1. The molecule has 32 heavy (non-hydrogen) atoms. The highest BCUT2D eigenvalue weighted by molar-refractivity contribution is 5.91. The number of hydrogen-bond acceptors (Lipinski definition) is 5. The molecule has 170 valence electrons. The fourth-order valence-corrected chi connectivity index (χ4v) is 4.18. The van der Waals surface area contributed by atoms with Gasteiger partial charge in [-0.25, -0.2) is 4.79 Å². The largest absolute Gasteiger partial charge is 0.444 e. The van der Waals surface area contributed by atoms with Crippen LogP contribution in [-0.4, -0.2) is 26.5 Å². The van der Waals surface area contributed by atoms with E-state index in [-0.39, 0.29) is 5.56 Å². The lowest BCUT2D eigenvalue weighted by Crippen LogP contribution is -2.32. The maximum atomic E-state index is 12.6. The normalized spacial score (nSPS) is 15.0. The SMILES string of the molecule is CC(C)(C)OC(=O)NCc1cccc(Nc2nn(C3CCCCC3)c3cc[nH]c(=O)c23)c1. The Morgan fingerprint density at radius 3 is 2.75 bits per heavy atom. The average molecular weight is 438 g/mol. The van der Waals surface area contributed by atoms with Gasteiger partial charge in [0, 0.05) is 18.4 Å². The van der Waals surface area contributed by atoms with Gasteiger partial charge in [0.15, 0.2) is 5.82 Å². The third-order valence-corrected chi connectivity index (χ3v) is 5.58.